The molecule has 0 radical (unpaired) electrons. The molecular weight excluding hydrogens is 186 g/mol. The second-order valence-corrected chi connectivity index (χ2v) is 2.93. The lowest BCUT2D eigenvalue weighted by atomic mass is 10.3. The number of carbonyl (C=O) groups excluding carboxylic acids is 1. The Morgan fingerprint density at radius 3 is 2.64 bits per heavy atom. The summed E-state index contributed by atoms with van der Waals surface area (Å²) in [5.74, 6) is -1.38. The van der Waals surface area contributed by atoms with E-state index in [1.807, 2.05) is 0 Å². The van der Waals surface area contributed by atoms with Gasteiger partial charge in [0.05, 0.1) is 11.2 Å². The zero-order chi connectivity index (χ0) is 10.3. The number of aromatic amines is 1. The maximum absolute atomic E-state index is 10.9. The first kappa shape index (κ1) is 8.55. The lowest BCUT2D eigenvalue weighted by Crippen LogP contribution is -1.93. The summed E-state index contributed by atoms with van der Waals surface area (Å²) in [5.41, 5.74) is 1.32. The average Bonchev–Trinajstić information content (AvgIpc) is 2.57. The number of rotatable bonds is 2. The van der Waals surface area contributed by atoms with Gasteiger partial charge in [0.15, 0.2) is 11.4 Å². The topological polar surface area (TPSA) is 83.3 Å². The highest BCUT2D eigenvalue weighted by Crippen LogP contribution is 2.20. The Morgan fingerprint density at radius 2 is 2.14 bits per heavy atom. The normalized spacial score (nSPS) is 10.6. The molecule has 2 rings (SSSR count). The monoisotopic (exact) mass is 193 g/mol. The predicted molar refractivity (Wildman–Crippen MR) is 47.5 cm³/mol. The van der Waals surface area contributed by atoms with Crippen LogP contribution in [0.4, 0.5) is 0 Å². The lowest BCUT2D eigenvalue weighted by Gasteiger charge is -1.85. The zero-order valence-electron chi connectivity index (χ0n) is 7.33. The van der Waals surface area contributed by atoms with Crippen LogP contribution in [0.3, 0.4) is 0 Å². The smallest absolute Gasteiger partial charge is 0.371 e. The van der Waals surface area contributed by atoms with Gasteiger partial charge in [-0.2, -0.15) is 0 Å². The quantitative estimate of drug-likeness (QED) is 0.710. The number of fused-ring (bicyclic) bond motifs is 1. The van der Waals surface area contributed by atoms with Crippen LogP contribution >= 0.6 is 0 Å². The minimum absolute atomic E-state index is 0.117. The van der Waals surface area contributed by atoms with Gasteiger partial charge in [0, 0.05) is 19.1 Å². The van der Waals surface area contributed by atoms with Gasteiger partial charge in [-0.15, -0.1) is 0 Å². The third-order valence-electron chi connectivity index (χ3n) is 1.90. The van der Waals surface area contributed by atoms with Gasteiger partial charge >= 0.3 is 5.97 Å². The fourth-order valence-corrected chi connectivity index (χ4v) is 1.22. The molecule has 14 heavy (non-hydrogen) atoms. The minimum atomic E-state index is -1.13. The Bertz CT molecular complexity index is 445. The lowest BCUT2D eigenvalue weighted by molar-refractivity contribution is 0.0665. The molecule has 0 aromatic carbocycles. The molecular formula is C9H7NO4. The van der Waals surface area contributed by atoms with Gasteiger partial charge in [-0.1, -0.05) is 0 Å². The van der Waals surface area contributed by atoms with Crippen molar-refractivity contribution in [2.75, 3.05) is 0 Å². The van der Waals surface area contributed by atoms with Crippen molar-refractivity contribution in [3.63, 3.8) is 0 Å². The second-order valence-electron chi connectivity index (χ2n) is 2.93. The van der Waals surface area contributed by atoms with E-state index in [0.29, 0.717) is 16.8 Å². The first-order valence-corrected chi connectivity index (χ1v) is 3.94. The molecule has 2 aromatic heterocycles. The summed E-state index contributed by atoms with van der Waals surface area (Å²) in [6.45, 7) is 1.42. The van der Waals surface area contributed by atoms with E-state index in [4.69, 9.17) is 9.52 Å². The van der Waals surface area contributed by atoms with E-state index < -0.39 is 5.97 Å². The molecule has 0 fully saturated rings. The van der Waals surface area contributed by atoms with Crippen LogP contribution in [-0.4, -0.2) is 21.8 Å². The highest BCUT2D eigenvalue weighted by Gasteiger charge is 2.13. The van der Waals surface area contributed by atoms with Crippen LogP contribution in [0.25, 0.3) is 11.1 Å². The summed E-state index contributed by atoms with van der Waals surface area (Å²) in [7, 11) is 0. The highest BCUT2D eigenvalue weighted by atomic mass is 16.4. The van der Waals surface area contributed by atoms with Crippen molar-refractivity contribution >= 4 is 22.9 Å². The number of aromatic nitrogens is 1. The fraction of sp³-hybridized carbons (Fsp3) is 0.111. The van der Waals surface area contributed by atoms with E-state index in [0.717, 1.165) is 0 Å². The van der Waals surface area contributed by atoms with Crippen molar-refractivity contribution < 1.29 is 19.1 Å². The van der Waals surface area contributed by atoms with Crippen molar-refractivity contribution in [3.05, 3.63) is 23.6 Å². The summed E-state index contributed by atoms with van der Waals surface area (Å²) in [5, 5.41) is 8.61. The number of carboxylic acid groups (broad SMARTS) is 1. The van der Waals surface area contributed by atoms with Crippen molar-refractivity contribution in [1.82, 2.24) is 4.98 Å². The number of hydrogen-bond acceptors (Lipinski definition) is 3. The summed E-state index contributed by atoms with van der Waals surface area (Å²) in [4.78, 5) is 24.2. The van der Waals surface area contributed by atoms with Crippen LogP contribution in [0, 0.1) is 0 Å². The molecule has 2 aromatic rings. The molecule has 0 aliphatic carbocycles. The number of nitrogens with one attached hydrogen (secondary N) is 1. The van der Waals surface area contributed by atoms with Gasteiger partial charge in [0.1, 0.15) is 0 Å². The number of furan rings is 1. The molecule has 0 spiro atoms. The first-order valence-electron chi connectivity index (χ1n) is 3.94. The predicted octanol–water partition coefficient (Wildman–Crippen LogP) is 1.66. The van der Waals surface area contributed by atoms with Crippen molar-refractivity contribution in [2.45, 2.75) is 6.92 Å². The molecule has 2 N–H and O–H groups in total. The van der Waals surface area contributed by atoms with Crippen molar-refractivity contribution in [1.29, 1.82) is 0 Å². The van der Waals surface area contributed by atoms with E-state index in [-0.39, 0.29) is 11.5 Å². The van der Waals surface area contributed by atoms with Crippen molar-refractivity contribution in [3.8, 4) is 0 Å². The summed E-state index contributed by atoms with van der Waals surface area (Å²) in [6, 6.07) is 2.84. The molecule has 5 nitrogen and oxygen atoms in total. The molecule has 72 valence electrons. The maximum atomic E-state index is 10.9. The first-order chi connectivity index (χ1) is 6.58. The van der Waals surface area contributed by atoms with Crippen LogP contribution in [0.5, 0.6) is 0 Å². The number of hydrogen-bond donors (Lipinski definition) is 2. The third-order valence-corrected chi connectivity index (χ3v) is 1.90. The average molecular weight is 193 g/mol. The molecule has 0 bridgehead atoms. The molecule has 5 heteroatoms. The standard InChI is InChI=1S/C9H7NO4/c1-4(11)5-2-7-6(10-5)3-8(14-7)9(12)13/h2-3,10H,1H3,(H,12,13). The van der Waals surface area contributed by atoms with Crippen LogP contribution in [0.2, 0.25) is 0 Å². The number of aromatic carboxylic acids is 1. The Balaban J connectivity index is 2.56. The van der Waals surface area contributed by atoms with Gasteiger partial charge in [-0.25, -0.2) is 4.79 Å². The maximum Gasteiger partial charge on any atom is 0.371 e. The van der Waals surface area contributed by atoms with Gasteiger partial charge in [0.2, 0.25) is 5.76 Å². The van der Waals surface area contributed by atoms with Crippen LogP contribution in [0.15, 0.2) is 16.5 Å². The molecule has 0 atom stereocenters. The molecule has 0 aliphatic rings. The van der Waals surface area contributed by atoms with E-state index in [2.05, 4.69) is 4.98 Å². The SMILES string of the molecule is CC(=O)c1cc2oc(C(=O)O)cc2[nH]1. The Labute approximate surface area is 78.3 Å². The minimum Gasteiger partial charge on any atom is -0.475 e. The summed E-state index contributed by atoms with van der Waals surface area (Å²) in [6.07, 6.45) is 0. The summed E-state index contributed by atoms with van der Waals surface area (Å²) >= 11 is 0. The number of carbonyl (C=O) groups is 2. The van der Waals surface area contributed by atoms with Crippen LogP contribution < -0.4 is 0 Å². The Morgan fingerprint density at radius 1 is 1.43 bits per heavy atom. The molecule has 0 saturated heterocycles. The van der Waals surface area contributed by atoms with Gasteiger partial charge in [0.25, 0.3) is 0 Å². The van der Waals surface area contributed by atoms with E-state index in [1.54, 1.807) is 0 Å². The number of carboxylic acids is 1. The Hall–Kier alpha value is -2.04. The van der Waals surface area contributed by atoms with Gasteiger partial charge in [-0.05, 0) is 0 Å². The molecule has 2 heterocycles. The molecule has 0 saturated carbocycles. The molecule has 0 aliphatic heterocycles. The Kier molecular flexibility index (Phi) is 1.67. The summed E-state index contributed by atoms with van der Waals surface area (Å²) < 4.78 is 4.98. The van der Waals surface area contributed by atoms with Crippen LogP contribution in [0.1, 0.15) is 28.0 Å². The largest absolute Gasteiger partial charge is 0.475 e. The molecule has 0 unspecified atom stereocenters. The van der Waals surface area contributed by atoms with E-state index >= 15 is 0 Å². The van der Waals surface area contributed by atoms with E-state index in [1.165, 1.54) is 19.1 Å². The zero-order valence-corrected chi connectivity index (χ0v) is 7.33. The highest BCUT2D eigenvalue weighted by molar-refractivity contribution is 5.98. The fourth-order valence-electron chi connectivity index (χ4n) is 1.22. The van der Waals surface area contributed by atoms with Gasteiger partial charge < -0.3 is 14.5 Å². The van der Waals surface area contributed by atoms with Crippen LogP contribution in [-0.2, 0) is 0 Å². The number of H-pyrrole nitrogens is 1. The number of ketones is 1. The van der Waals surface area contributed by atoms with Gasteiger partial charge in [-0.3, -0.25) is 4.79 Å². The molecule has 0 amide bonds. The van der Waals surface area contributed by atoms with E-state index in [9.17, 15) is 9.59 Å². The van der Waals surface area contributed by atoms with Crippen molar-refractivity contribution in [2.24, 2.45) is 0 Å². The third kappa shape index (κ3) is 1.19. The second kappa shape index (κ2) is 2.73. The number of Topliss-reactive ketones (excluding diaryl/α,β-unsaturated/α-hetero) is 1.